The van der Waals surface area contributed by atoms with Gasteiger partial charge >= 0.3 is 11.9 Å². The molecule has 10 heteroatoms. The second-order valence-corrected chi connectivity index (χ2v) is 1.72. The minimum absolute atomic E-state index is 0.151. The molecule has 0 radical (unpaired) electrons. The van der Waals surface area contributed by atoms with Crippen molar-refractivity contribution >= 4 is 11.9 Å². The molecule has 0 aromatic carbocycles. The van der Waals surface area contributed by atoms with E-state index in [0.29, 0.717) is 5.95 Å². The summed E-state index contributed by atoms with van der Waals surface area (Å²) in [6, 6.07) is 0. The Morgan fingerprint density at radius 3 is 3.00 bits per heavy atom. The molecule has 0 saturated heterocycles. The number of azo groups is 1. The molecule has 0 bridgehead atoms. The second-order valence-electron chi connectivity index (χ2n) is 1.72. The Balaban J connectivity index is 2.14. The van der Waals surface area contributed by atoms with E-state index in [9.17, 15) is 0 Å². The van der Waals surface area contributed by atoms with E-state index in [-0.39, 0.29) is 5.95 Å². The standard InChI is InChI=1S/C2H2N10/c3(1-5-9-10-6-1)4-2-7-11-12-8-2/h(H,5,6,9,10)(H,7,8,11,12)/p+2. The smallest absolute Gasteiger partial charge is 0.175 e. The molecule has 10 nitrogen and oxygen atoms in total. The molecule has 2 aromatic heterocycles. The van der Waals surface area contributed by atoms with Crippen LogP contribution >= 0.6 is 0 Å². The van der Waals surface area contributed by atoms with Crippen molar-refractivity contribution in [1.82, 2.24) is 31.1 Å². The lowest BCUT2D eigenvalue weighted by Crippen LogP contribution is -2.05. The monoisotopic (exact) mass is 168 g/mol. The SMILES string of the molecule is N(=Nc1[nH+]n[nH][nH+]1)c1nn[nH]n1. The van der Waals surface area contributed by atoms with Gasteiger partial charge in [0.05, 0.1) is 0 Å². The summed E-state index contributed by atoms with van der Waals surface area (Å²) in [4.78, 5) is 0. The molecule has 12 heavy (non-hydrogen) atoms. The zero-order chi connectivity index (χ0) is 8.23. The van der Waals surface area contributed by atoms with Crippen LogP contribution < -0.4 is 10.2 Å². The van der Waals surface area contributed by atoms with Crippen LogP contribution in [-0.4, -0.2) is 31.1 Å². The Bertz CT molecular complexity index is 305. The number of nitrogens with zero attached hydrogens (tertiary/aromatic N) is 6. The Kier molecular flexibility index (Phi) is 1.49. The van der Waals surface area contributed by atoms with Crippen LogP contribution in [0.2, 0.25) is 0 Å². The lowest BCUT2D eigenvalue weighted by atomic mass is 11.1. The number of H-pyrrole nitrogens is 4. The number of hydrogen-bond donors (Lipinski definition) is 2. The first-order chi connectivity index (χ1) is 5.95. The number of tetrazole rings is 2. The lowest BCUT2D eigenvalue weighted by Gasteiger charge is -1.63. The highest BCUT2D eigenvalue weighted by atomic mass is 15.5. The number of nitrogens with one attached hydrogen (secondary N) is 4. The van der Waals surface area contributed by atoms with Crippen LogP contribution in [0.1, 0.15) is 0 Å². The Morgan fingerprint density at radius 1 is 1.33 bits per heavy atom. The van der Waals surface area contributed by atoms with E-state index in [1.165, 1.54) is 0 Å². The second kappa shape index (κ2) is 2.77. The first-order valence-electron chi connectivity index (χ1n) is 2.94. The zero-order valence-electron chi connectivity index (χ0n) is 5.68. The normalized spacial score (nSPS) is 11.0. The summed E-state index contributed by atoms with van der Waals surface area (Å²) in [6.07, 6.45) is 0. The van der Waals surface area contributed by atoms with Crippen LogP contribution in [0.3, 0.4) is 0 Å². The highest BCUT2D eigenvalue weighted by Crippen LogP contribution is 2.00. The van der Waals surface area contributed by atoms with E-state index in [4.69, 9.17) is 0 Å². The molecule has 0 unspecified atom stereocenters. The van der Waals surface area contributed by atoms with Crippen molar-refractivity contribution in [2.75, 3.05) is 0 Å². The molecule has 0 fully saturated rings. The molecule has 0 atom stereocenters. The van der Waals surface area contributed by atoms with Crippen LogP contribution in [0.4, 0.5) is 11.9 Å². The summed E-state index contributed by atoms with van der Waals surface area (Å²) < 4.78 is 0. The van der Waals surface area contributed by atoms with Gasteiger partial charge < -0.3 is 0 Å². The lowest BCUT2D eigenvalue weighted by molar-refractivity contribution is -0.505. The third-order valence-electron chi connectivity index (χ3n) is 0.966. The highest BCUT2D eigenvalue weighted by molar-refractivity contribution is 5.05. The Labute approximate surface area is 64.5 Å². The topological polar surface area (TPSA) is 136 Å². The number of aromatic amines is 4. The first kappa shape index (κ1) is 6.45. The van der Waals surface area contributed by atoms with Gasteiger partial charge in [0.15, 0.2) is 0 Å². The van der Waals surface area contributed by atoms with Crippen LogP contribution in [0.15, 0.2) is 10.2 Å². The van der Waals surface area contributed by atoms with Gasteiger partial charge in [-0.1, -0.05) is 10.2 Å². The van der Waals surface area contributed by atoms with Crippen LogP contribution in [0.25, 0.3) is 0 Å². The maximum atomic E-state index is 3.64. The first-order valence-corrected chi connectivity index (χ1v) is 2.94. The van der Waals surface area contributed by atoms with Gasteiger partial charge in [0, 0.05) is 5.11 Å². The minimum atomic E-state index is 0.151. The van der Waals surface area contributed by atoms with Crippen molar-refractivity contribution in [3.05, 3.63) is 0 Å². The zero-order valence-corrected chi connectivity index (χ0v) is 5.68. The molecule has 0 aliphatic carbocycles. The number of rotatable bonds is 2. The van der Waals surface area contributed by atoms with E-state index < -0.39 is 0 Å². The van der Waals surface area contributed by atoms with Gasteiger partial charge in [-0.15, -0.1) is 5.10 Å². The van der Waals surface area contributed by atoms with Crippen molar-refractivity contribution in [3.63, 3.8) is 0 Å². The maximum absolute atomic E-state index is 3.64. The van der Waals surface area contributed by atoms with Gasteiger partial charge in [0.2, 0.25) is 0 Å². The summed E-state index contributed by atoms with van der Waals surface area (Å²) in [5, 5.41) is 30.8. The molecule has 2 heterocycles. The predicted octanol–water partition coefficient (Wildman–Crippen LogP) is -2.03. The molecular weight excluding hydrogens is 164 g/mol. The molecule has 0 aliphatic rings. The third-order valence-corrected chi connectivity index (χ3v) is 0.966. The van der Waals surface area contributed by atoms with Crippen LogP contribution in [0, 0.1) is 0 Å². The Morgan fingerprint density at radius 2 is 2.33 bits per heavy atom. The molecule has 2 aromatic rings. The van der Waals surface area contributed by atoms with Crippen molar-refractivity contribution in [2.45, 2.75) is 0 Å². The molecule has 2 rings (SSSR count). The Hall–Kier alpha value is -2.26. The van der Waals surface area contributed by atoms with E-state index in [1.54, 1.807) is 0 Å². The van der Waals surface area contributed by atoms with Gasteiger partial charge in [-0.3, -0.25) is 0 Å². The van der Waals surface area contributed by atoms with Crippen molar-refractivity contribution in [1.29, 1.82) is 0 Å². The molecule has 0 saturated carbocycles. The van der Waals surface area contributed by atoms with E-state index in [0.717, 1.165) is 0 Å². The van der Waals surface area contributed by atoms with Crippen LogP contribution in [0.5, 0.6) is 0 Å². The van der Waals surface area contributed by atoms with Gasteiger partial charge in [-0.25, -0.2) is 0 Å². The molecule has 0 spiro atoms. The van der Waals surface area contributed by atoms with Crippen molar-refractivity contribution in [3.8, 4) is 0 Å². The summed E-state index contributed by atoms with van der Waals surface area (Å²) in [5.74, 6) is 0.512. The van der Waals surface area contributed by atoms with Gasteiger partial charge in [0.1, 0.15) is 10.3 Å². The maximum Gasteiger partial charge on any atom is 0.572 e. The highest BCUT2D eigenvalue weighted by Gasteiger charge is 2.09. The van der Waals surface area contributed by atoms with Gasteiger partial charge in [-0.2, -0.15) is 5.21 Å². The average Bonchev–Trinajstić information content (AvgIpc) is 2.74. The molecule has 0 amide bonds. The van der Waals surface area contributed by atoms with Crippen molar-refractivity contribution < 1.29 is 10.2 Å². The molecule has 4 N–H and O–H groups in total. The largest absolute Gasteiger partial charge is 0.572 e. The van der Waals surface area contributed by atoms with Gasteiger partial charge in [0.25, 0.3) is 0 Å². The summed E-state index contributed by atoms with van der Waals surface area (Å²) >= 11 is 0. The minimum Gasteiger partial charge on any atom is -0.175 e. The van der Waals surface area contributed by atoms with Crippen LogP contribution in [-0.2, 0) is 0 Å². The third kappa shape index (κ3) is 1.25. The number of hydrogen-bond acceptors (Lipinski definition) is 6. The molecule has 60 valence electrons. The number of aromatic nitrogens is 8. The van der Waals surface area contributed by atoms with E-state index in [1.807, 2.05) is 0 Å². The van der Waals surface area contributed by atoms with E-state index >= 15 is 0 Å². The summed E-state index contributed by atoms with van der Waals surface area (Å²) in [7, 11) is 0. The van der Waals surface area contributed by atoms with E-state index in [2.05, 4.69) is 51.5 Å². The van der Waals surface area contributed by atoms with Crippen molar-refractivity contribution in [2.24, 2.45) is 10.2 Å². The average molecular weight is 168 g/mol. The predicted molar refractivity (Wildman–Crippen MR) is 30.1 cm³/mol. The molecular formula is C2H4N10+2. The molecule has 0 aliphatic heterocycles. The quantitative estimate of drug-likeness (QED) is 0.499. The fourth-order valence-corrected chi connectivity index (χ4v) is 0.531. The van der Waals surface area contributed by atoms with Gasteiger partial charge in [-0.05, 0) is 15.5 Å². The fourth-order valence-electron chi connectivity index (χ4n) is 0.531. The summed E-state index contributed by atoms with van der Waals surface area (Å²) in [6.45, 7) is 0. The fraction of sp³-hybridized carbons (Fsp3) is 0. The summed E-state index contributed by atoms with van der Waals surface area (Å²) in [5.41, 5.74) is 0.